The maximum atomic E-state index is 11.8. The molecule has 1 unspecified atom stereocenters. The molecule has 1 fully saturated rings. The summed E-state index contributed by atoms with van der Waals surface area (Å²) in [7, 11) is 0. The summed E-state index contributed by atoms with van der Waals surface area (Å²) in [5.74, 6) is 1.16. The van der Waals surface area contributed by atoms with E-state index >= 15 is 0 Å². The molecule has 1 aliphatic carbocycles. The fourth-order valence-electron chi connectivity index (χ4n) is 1.76. The quantitative estimate of drug-likeness (QED) is 0.728. The smallest absolute Gasteiger partial charge is 0.220 e. The summed E-state index contributed by atoms with van der Waals surface area (Å²) in [6, 6.07) is 0. The maximum Gasteiger partial charge on any atom is 0.220 e. The van der Waals surface area contributed by atoms with Gasteiger partial charge < -0.3 is 11.1 Å². The van der Waals surface area contributed by atoms with Crippen LogP contribution in [0.1, 0.15) is 46.5 Å². The van der Waals surface area contributed by atoms with Crippen LogP contribution in [0, 0.1) is 11.8 Å². The number of nitrogens with two attached hydrogens (primary N) is 1. The van der Waals surface area contributed by atoms with Crippen molar-refractivity contribution in [2.45, 2.75) is 52.0 Å². The second-order valence-electron chi connectivity index (χ2n) is 5.33. The highest BCUT2D eigenvalue weighted by molar-refractivity contribution is 5.77. The van der Waals surface area contributed by atoms with E-state index in [1.165, 1.54) is 19.3 Å². The third-order valence-electron chi connectivity index (χ3n) is 3.82. The molecule has 1 amide bonds. The van der Waals surface area contributed by atoms with Gasteiger partial charge in [0.15, 0.2) is 0 Å². The molecule has 0 radical (unpaired) electrons. The molecule has 0 aromatic heterocycles. The number of rotatable bonds is 5. The van der Waals surface area contributed by atoms with Gasteiger partial charge >= 0.3 is 0 Å². The topological polar surface area (TPSA) is 55.1 Å². The van der Waals surface area contributed by atoms with Crippen LogP contribution in [0.2, 0.25) is 0 Å². The van der Waals surface area contributed by atoms with Gasteiger partial charge in [-0.25, -0.2) is 0 Å². The zero-order chi connectivity index (χ0) is 11.5. The molecular weight excluding hydrogens is 188 g/mol. The standard InChI is InChI=1S/C12H24N2O/c1-9(2)12(3,8-13)14-11(15)7-10-5-4-6-10/h9-10H,4-8,13H2,1-3H3,(H,14,15). The molecule has 0 spiro atoms. The summed E-state index contributed by atoms with van der Waals surface area (Å²) >= 11 is 0. The molecule has 3 N–H and O–H groups in total. The average molecular weight is 212 g/mol. The Labute approximate surface area is 92.8 Å². The minimum atomic E-state index is -0.249. The molecule has 0 heterocycles. The van der Waals surface area contributed by atoms with Crippen LogP contribution in [0.4, 0.5) is 0 Å². The maximum absolute atomic E-state index is 11.8. The average Bonchev–Trinajstić information content (AvgIpc) is 2.11. The molecule has 88 valence electrons. The van der Waals surface area contributed by atoms with Crippen LogP contribution in [0.15, 0.2) is 0 Å². The Morgan fingerprint density at radius 1 is 1.53 bits per heavy atom. The minimum Gasteiger partial charge on any atom is -0.349 e. The molecule has 0 aromatic rings. The Hall–Kier alpha value is -0.570. The van der Waals surface area contributed by atoms with Crippen molar-refractivity contribution in [1.82, 2.24) is 5.32 Å². The number of hydrogen-bond acceptors (Lipinski definition) is 2. The second-order valence-corrected chi connectivity index (χ2v) is 5.33. The lowest BCUT2D eigenvalue weighted by Gasteiger charge is -2.35. The molecule has 1 atom stereocenters. The van der Waals surface area contributed by atoms with Crippen molar-refractivity contribution in [1.29, 1.82) is 0 Å². The van der Waals surface area contributed by atoms with Crippen molar-refractivity contribution in [3.05, 3.63) is 0 Å². The van der Waals surface area contributed by atoms with E-state index in [0.29, 0.717) is 24.8 Å². The molecule has 1 rings (SSSR count). The Morgan fingerprint density at radius 3 is 2.47 bits per heavy atom. The fraction of sp³-hybridized carbons (Fsp3) is 0.917. The predicted octanol–water partition coefficient (Wildman–Crippen LogP) is 1.67. The van der Waals surface area contributed by atoms with Crippen molar-refractivity contribution < 1.29 is 4.79 Å². The van der Waals surface area contributed by atoms with Crippen molar-refractivity contribution in [2.75, 3.05) is 6.54 Å². The van der Waals surface area contributed by atoms with Gasteiger partial charge in [-0.15, -0.1) is 0 Å². The van der Waals surface area contributed by atoms with E-state index in [1.54, 1.807) is 0 Å². The SMILES string of the molecule is CC(C)C(C)(CN)NC(=O)CC1CCC1. The van der Waals surface area contributed by atoms with Crippen molar-refractivity contribution in [3.8, 4) is 0 Å². The van der Waals surface area contributed by atoms with Crippen molar-refractivity contribution in [2.24, 2.45) is 17.6 Å². The van der Waals surface area contributed by atoms with Crippen LogP contribution < -0.4 is 11.1 Å². The zero-order valence-corrected chi connectivity index (χ0v) is 10.2. The summed E-state index contributed by atoms with van der Waals surface area (Å²) in [5, 5.41) is 3.08. The van der Waals surface area contributed by atoms with Gasteiger partial charge in [0.1, 0.15) is 0 Å². The summed E-state index contributed by atoms with van der Waals surface area (Å²) in [4.78, 5) is 11.8. The van der Waals surface area contributed by atoms with Crippen molar-refractivity contribution >= 4 is 5.91 Å². The second kappa shape index (κ2) is 4.97. The predicted molar refractivity (Wildman–Crippen MR) is 62.4 cm³/mol. The normalized spacial score (nSPS) is 20.9. The largest absolute Gasteiger partial charge is 0.349 e. The molecule has 0 saturated heterocycles. The van der Waals surface area contributed by atoms with Gasteiger partial charge in [-0.2, -0.15) is 0 Å². The first-order valence-electron chi connectivity index (χ1n) is 5.99. The molecule has 15 heavy (non-hydrogen) atoms. The molecule has 0 aliphatic heterocycles. The molecule has 3 nitrogen and oxygen atoms in total. The third-order valence-corrected chi connectivity index (χ3v) is 3.82. The summed E-state index contributed by atoms with van der Waals surface area (Å²) in [5.41, 5.74) is 5.47. The molecule has 0 bridgehead atoms. The first-order chi connectivity index (χ1) is 6.98. The summed E-state index contributed by atoms with van der Waals surface area (Å²) in [6.07, 6.45) is 4.40. The highest BCUT2D eigenvalue weighted by Gasteiger charge is 2.30. The van der Waals surface area contributed by atoms with Crippen LogP contribution in [0.5, 0.6) is 0 Å². The number of nitrogens with one attached hydrogen (secondary N) is 1. The molecule has 1 aliphatic rings. The van der Waals surface area contributed by atoms with Gasteiger partial charge in [-0.05, 0) is 31.6 Å². The van der Waals surface area contributed by atoms with Gasteiger partial charge in [0, 0.05) is 13.0 Å². The highest BCUT2D eigenvalue weighted by Crippen LogP contribution is 2.29. The molecule has 3 heteroatoms. The van der Waals surface area contributed by atoms with E-state index in [0.717, 1.165) is 0 Å². The fourth-order valence-corrected chi connectivity index (χ4v) is 1.76. The Bertz CT molecular complexity index is 224. The lowest BCUT2D eigenvalue weighted by atomic mass is 9.82. The van der Waals surface area contributed by atoms with E-state index in [-0.39, 0.29) is 11.4 Å². The third kappa shape index (κ3) is 3.20. The number of carbonyl (C=O) groups is 1. The number of hydrogen-bond donors (Lipinski definition) is 2. The van der Waals surface area contributed by atoms with Gasteiger partial charge in [-0.1, -0.05) is 20.3 Å². The van der Waals surface area contributed by atoms with Crippen LogP contribution in [-0.4, -0.2) is 18.0 Å². The van der Waals surface area contributed by atoms with Gasteiger partial charge in [-0.3, -0.25) is 4.79 Å². The lowest BCUT2D eigenvalue weighted by molar-refractivity contribution is -0.124. The van der Waals surface area contributed by atoms with E-state index in [4.69, 9.17) is 5.73 Å². The van der Waals surface area contributed by atoms with Crippen LogP contribution in [0.3, 0.4) is 0 Å². The molecule has 0 aromatic carbocycles. The van der Waals surface area contributed by atoms with E-state index in [1.807, 2.05) is 6.92 Å². The molecule has 1 saturated carbocycles. The zero-order valence-electron chi connectivity index (χ0n) is 10.2. The minimum absolute atomic E-state index is 0.168. The van der Waals surface area contributed by atoms with Crippen LogP contribution >= 0.6 is 0 Å². The summed E-state index contributed by atoms with van der Waals surface area (Å²) in [6.45, 7) is 6.71. The number of amides is 1. The Balaban J connectivity index is 2.39. The van der Waals surface area contributed by atoms with Crippen molar-refractivity contribution in [3.63, 3.8) is 0 Å². The van der Waals surface area contributed by atoms with E-state index < -0.39 is 0 Å². The van der Waals surface area contributed by atoms with Crippen LogP contribution in [-0.2, 0) is 4.79 Å². The summed E-state index contributed by atoms with van der Waals surface area (Å²) < 4.78 is 0. The number of carbonyl (C=O) groups excluding carboxylic acids is 1. The van der Waals surface area contributed by atoms with E-state index in [9.17, 15) is 4.79 Å². The van der Waals surface area contributed by atoms with Crippen LogP contribution in [0.25, 0.3) is 0 Å². The Kier molecular flexibility index (Phi) is 4.14. The van der Waals surface area contributed by atoms with Gasteiger partial charge in [0.2, 0.25) is 5.91 Å². The Morgan fingerprint density at radius 2 is 2.13 bits per heavy atom. The monoisotopic (exact) mass is 212 g/mol. The first kappa shape index (κ1) is 12.5. The first-order valence-corrected chi connectivity index (χ1v) is 5.99. The highest BCUT2D eigenvalue weighted by atomic mass is 16.1. The van der Waals surface area contributed by atoms with E-state index in [2.05, 4.69) is 19.2 Å². The van der Waals surface area contributed by atoms with Gasteiger partial charge in [0.25, 0.3) is 0 Å². The van der Waals surface area contributed by atoms with Gasteiger partial charge in [0.05, 0.1) is 5.54 Å². The molecular formula is C12H24N2O. The lowest BCUT2D eigenvalue weighted by Crippen LogP contribution is -2.55.